The Hall–Kier alpha value is -3.23. The maximum Gasteiger partial charge on any atom is 0.305 e. The average molecular weight is 755 g/mol. The fourth-order valence-corrected chi connectivity index (χ4v) is 5.47. The van der Waals surface area contributed by atoms with Gasteiger partial charge in [0.1, 0.15) is 12.2 Å². The molecule has 3 rings (SSSR count). The first kappa shape index (κ1) is 45.2. The van der Waals surface area contributed by atoms with Crippen LogP contribution in [0.4, 0.5) is 0 Å². The third-order valence-electron chi connectivity index (χ3n) is 8.17. The minimum atomic E-state index is -0.754. The Labute approximate surface area is 322 Å². The van der Waals surface area contributed by atoms with Gasteiger partial charge in [0, 0.05) is 6.42 Å². The van der Waals surface area contributed by atoms with Crippen LogP contribution >= 0.6 is 0 Å². The number of hydrogen-bond donors (Lipinski definition) is 0. The van der Waals surface area contributed by atoms with E-state index in [-0.39, 0.29) is 12.6 Å². The zero-order chi connectivity index (χ0) is 38.0. The molecule has 0 unspecified atom stereocenters. The molecule has 0 aliphatic heterocycles. The van der Waals surface area contributed by atoms with Crippen molar-refractivity contribution >= 4 is 5.97 Å². The van der Waals surface area contributed by atoms with E-state index < -0.39 is 5.60 Å². The van der Waals surface area contributed by atoms with Crippen molar-refractivity contribution in [1.29, 1.82) is 0 Å². The van der Waals surface area contributed by atoms with E-state index in [4.69, 9.17) is 47.4 Å². The molecule has 0 saturated carbocycles. The molecule has 54 heavy (non-hydrogen) atoms. The van der Waals surface area contributed by atoms with Crippen LogP contribution in [0.25, 0.3) is 0 Å². The van der Waals surface area contributed by atoms with Gasteiger partial charge in [-0.3, -0.25) is 4.79 Å². The first-order valence-electron chi connectivity index (χ1n) is 19.4. The van der Waals surface area contributed by atoms with Gasteiger partial charge in [-0.15, -0.1) is 0 Å². The Balaban J connectivity index is 1.07. The van der Waals surface area contributed by atoms with E-state index in [1.165, 1.54) is 0 Å². The molecule has 300 valence electrons. The zero-order valence-electron chi connectivity index (χ0n) is 32.2. The van der Waals surface area contributed by atoms with Crippen LogP contribution in [0.3, 0.4) is 0 Å². The fourth-order valence-electron chi connectivity index (χ4n) is 5.47. The second-order valence-corrected chi connectivity index (χ2v) is 12.2. The van der Waals surface area contributed by atoms with Crippen LogP contribution in [0, 0.1) is 0 Å². The monoisotopic (exact) mass is 754 g/mol. The van der Waals surface area contributed by atoms with Crippen molar-refractivity contribution in [2.45, 2.75) is 38.2 Å². The van der Waals surface area contributed by atoms with Gasteiger partial charge in [0.25, 0.3) is 0 Å². The Kier molecular flexibility index (Phi) is 25.9. The van der Waals surface area contributed by atoms with Crippen LogP contribution in [0.15, 0.2) is 91.0 Å². The summed E-state index contributed by atoms with van der Waals surface area (Å²) in [5.41, 5.74) is 2.44. The number of unbranched alkanes of at least 4 members (excludes halogenated alkanes) is 2. The summed E-state index contributed by atoms with van der Waals surface area (Å²) in [5, 5.41) is 0. The topological polar surface area (TPSA) is 109 Å². The Morgan fingerprint density at radius 3 is 1.02 bits per heavy atom. The number of benzene rings is 3. The predicted molar refractivity (Wildman–Crippen MR) is 207 cm³/mol. The highest BCUT2D eigenvalue weighted by Gasteiger charge is 2.37. The van der Waals surface area contributed by atoms with Gasteiger partial charge in [0.15, 0.2) is 0 Å². The van der Waals surface area contributed by atoms with Crippen molar-refractivity contribution in [1.82, 2.24) is 0 Å². The summed E-state index contributed by atoms with van der Waals surface area (Å²) >= 11 is 0. The molecule has 0 saturated heterocycles. The SMILES string of the molecule is CCCCCC(=O)OCCOCCOCCOCCOCCOCCOCCOCCOCCOC(c1ccccc1)(c1ccccc1)c1ccccc1. The lowest BCUT2D eigenvalue weighted by Crippen LogP contribution is -2.34. The van der Waals surface area contributed by atoms with E-state index in [0.29, 0.717) is 119 Å². The molecule has 0 N–H and O–H groups in total. The van der Waals surface area contributed by atoms with Crippen molar-refractivity contribution < 1.29 is 52.2 Å². The smallest absolute Gasteiger partial charge is 0.305 e. The molecule has 0 bridgehead atoms. The lowest BCUT2D eigenvalue weighted by atomic mass is 9.80. The van der Waals surface area contributed by atoms with Crippen molar-refractivity contribution in [2.24, 2.45) is 0 Å². The highest BCUT2D eigenvalue weighted by molar-refractivity contribution is 5.69. The number of carbonyl (C=O) groups is 1. The highest BCUT2D eigenvalue weighted by Crippen LogP contribution is 2.40. The molecule has 0 radical (unpaired) electrons. The summed E-state index contributed by atoms with van der Waals surface area (Å²) in [4.78, 5) is 11.5. The van der Waals surface area contributed by atoms with Gasteiger partial charge < -0.3 is 47.4 Å². The number of rotatable bonds is 35. The quantitative estimate of drug-likeness (QED) is 0.0386. The first-order chi connectivity index (χ1) is 26.8. The molecule has 3 aromatic rings. The van der Waals surface area contributed by atoms with Crippen LogP contribution in [0.2, 0.25) is 0 Å². The fraction of sp³-hybridized carbons (Fsp3) is 0.558. The normalized spacial score (nSPS) is 11.6. The van der Waals surface area contributed by atoms with Gasteiger partial charge in [-0.25, -0.2) is 0 Å². The van der Waals surface area contributed by atoms with E-state index in [1.54, 1.807) is 0 Å². The molecule has 0 aliphatic rings. The molecule has 0 amide bonds. The lowest BCUT2D eigenvalue weighted by molar-refractivity contribution is -0.145. The highest BCUT2D eigenvalue weighted by atomic mass is 16.6. The molecule has 11 nitrogen and oxygen atoms in total. The van der Waals surface area contributed by atoms with Crippen LogP contribution < -0.4 is 0 Å². The molecular formula is C43H62O11. The minimum Gasteiger partial charge on any atom is -0.463 e. The summed E-state index contributed by atoms with van der Waals surface area (Å²) in [6.45, 7) is 10.4. The first-order valence-corrected chi connectivity index (χ1v) is 19.4. The van der Waals surface area contributed by atoms with Crippen molar-refractivity contribution in [3.8, 4) is 0 Å². The van der Waals surface area contributed by atoms with E-state index in [1.807, 2.05) is 54.6 Å². The summed E-state index contributed by atoms with van der Waals surface area (Å²) < 4.78 is 56.3. The number of hydrogen-bond acceptors (Lipinski definition) is 11. The van der Waals surface area contributed by atoms with Gasteiger partial charge >= 0.3 is 5.97 Å². The number of carbonyl (C=O) groups excluding carboxylic acids is 1. The minimum absolute atomic E-state index is 0.160. The zero-order valence-corrected chi connectivity index (χ0v) is 32.2. The molecular weight excluding hydrogens is 692 g/mol. The molecule has 0 heterocycles. The second-order valence-electron chi connectivity index (χ2n) is 12.2. The maximum atomic E-state index is 11.5. The summed E-state index contributed by atoms with van der Waals surface area (Å²) in [7, 11) is 0. The van der Waals surface area contributed by atoms with E-state index >= 15 is 0 Å². The van der Waals surface area contributed by atoms with Crippen LogP contribution in [0.1, 0.15) is 49.3 Å². The van der Waals surface area contributed by atoms with Crippen molar-refractivity contribution in [3.05, 3.63) is 108 Å². The van der Waals surface area contributed by atoms with Gasteiger partial charge in [-0.1, -0.05) is 111 Å². The Morgan fingerprint density at radius 1 is 0.407 bits per heavy atom. The van der Waals surface area contributed by atoms with E-state index in [2.05, 4.69) is 43.3 Å². The maximum absolute atomic E-state index is 11.5. The van der Waals surface area contributed by atoms with Crippen LogP contribution in [-0.2, 0) is 57.8 Å². The van der Waals surface area contributed by atoms with Crippen molar-refractivity contribution in [3.63, 3.8) is 0 Å². The van der Waals surface area contributed by atoms with Gasteiger partial charge in [0.05, 0.1) is 112 Å². The third-order valence-corrected chi connectivity index (χ3v) is 8.17. The molecule has 0 aliphatic carbocycles. The van der Waals surface area contributed by atoms with E-state index in [9.17, 15) is 4.79 Å². The van der Waals surface area contributed by atoms with E-state index in [0.717, 1.165) is 36.0 Å². The molecule has 11 heteroatoms. The summed E-state index contributed by atoms with van der Waals surface area (Å²) in [6, 6.07) is 31.0. The Morgan fingerprint density at radius 2 is 0.704 bits per heavy atom. The van der Waals surface area contributed by atoms with Crippen molar-refractivity contribution in [2.75, 3.05) is 119 Å². The van der Waals surface area contributed by atoms with Gasteiger partial charge in [-0.05, 0) is 23.1 Å². The largest absolute Gasteiger partial charge is 0.463 e. The van der Waals surface area contributed by atoms with Crippen LogP contribution in [-0.4, -0.2) is 125 Å². The number of esters is 1. The molecule has 0 aromatic heterocycles. The second kappa shape index (κ2) is 31.0. The molecule has 0 spiro atoms. The third kappa shape index (κ3) is 19.4. The lowest BCUT2D eigenvalue weighted by Gasteiger charge is -2.36. The molecule has 3 aromatic carbocycles. The summed E-state index contributed by atoms with van der Waals surface area (Å²) in [6.07, 6.45) is 3.49. The standard InChI is InChI=1S/C43H62O11/c1-2-3-7-20-42(44)53-37-35-51-33-31-49-29-27-47-25-23-45-21-22-46-24-26-48-28-30-50-32-34-52-36-38-54-43(39-14-8-4-9-15-39,40-16-10-5-11-17-40)41-18-12-6-13-19-41/h4-6,8-19H,2-3,7,20-38H2,1H3. The summed E-state index contributed by atoms with van der Waals surface area (Å²) in [5.74, 6) is -0.160. The predicted octanol–water partition coefficient (Wildman–Crippen LogP) is 6.25. The molecule has 0 fully saturated rings. The number of ether oxygens (including phenoxy) is 10. The van der Waals surface area contributed by atoms with Gasteiger partial charge in [-0.2, -0.15) is 0 Å². The Bertz CT molecular complexity index is 1180. The van der Waals surface area contributed by atoms with Gasteiger partial charge in [0.2, 0.25) is 0 Å². The molecule has 0 atom stereocenters. The average Bonchev–Trinajstić information content (AvgIpc) is 3.21. The van der Waals surface area contributed by atoms with Crippen LogP contribution in [0.5, 0.6) is 0 Å².